The number of benzene rings is 2. The number of amides is 1. The molecule has 0 aliphatic heterocycles. The zero-order chi connectivity index (χ0) is 17.6. The van der Waals surface area contributed by atoms with Gasteiger partial charge in [-0.1, -0.05) is 58.4 Å². The minimum Gasteiger partial charge on any atom is -0.276 e. The van der Waals surface area contributed by atoms with Gasteiger partial charge in [-0.3, -0.25) is 14.6 Å². The monoisotopic (exact) mass is 388 g/mol. The van der Waals surface area contributed by atoms with Crippen LogP contribution in [0.3, 0.4) is 0 Å². The summed E-state index contributed by atoms with van der Waals surface area (Å²) in [5.74, 6) is -0.192. The summed E-state index contributed by atoms with van der Waals surface area (Å²) < 4.78 is 1.00. The first-order valence-electron chi connectivity index (χ1n) is 7.61. The van der Waals surface area contributed by atoms with Crippen LogP contribution in [-0.4, -0.2) is 36.9 Å². The van der Waals surface area contributed by atoms with Crippen LogP contribution in [0.5, 0.6) is 0 Å². The lowest BCUT2D eigenvalue weighted by atomic mass is 9.92. The molecular formula is C19H21BrN2O2. The fraction of sp³-hybridized carbons (Fsp3) is 0.263. The molecule has 126 valence electrons. The number of likely N-dealkylation sites (N-methyl/N-ethyl adjacent to an activating group) is 1. The molecule has 0 heterocycles. The summed E-state index contributed by atoms with van der Waals surface area (Å²) in [5, 5.41) is 1.22. The van der Waals surface area contributed by atoms with E-state index in [0.717, 1.165) is 15.6 Å². The van der Waals surface area contributed by atoms with Crippen molar-refractivity contribution in [3.63, 3.8) is 0 Å². The molecule has 0 radical (unpaired) electrons. The highest BCUT2D eigenvalue weighted by Gasteiger charge is 2.35. The van der Waals surface area contributed by atoms with Gasteiger partial charge in [-0.25, -0.2) is 5.06 Å². The maximum atomic E-state index is 12.8. The van der Waals surface area contributed by atoms with Gasteiger partial charge in [0.25, 0.3) is 5.91 Å². The molecule has 24 heavy (non-hydrogen) atoms. The molecule has 4 nitrogen and oxygen atoms in total. The lowest BCUT2D eigenvalue weighted by Gasteiger charge is -2.28. The molecule has 0 saturated heterocycles. The number of halogens is 1. The number of hydrogen-bond donors (Lipinski definition) is 0. The Morgan fingerprint density at radius 3 is 2.42 bits per heavy atom. The van der Waals surface area contributed by atoms with Crippen molar-refractivity contribution in [3.8, 4) is 0 Å². The number of hydroxylamine groups is 2. The number of hydrogen-bond acceptors (Lipinski definition) is 3. The molecule has 1 unspecified atom stereocenters. The third kappa shape index (κ3) is 4.76. The highest BCUT2D eigenvalue weighted by atomic mass is 79.9. The number of carbonyl (C=O) groups excluding carboxylic acids is 1. The van der Waals surface area contributed by atoms with E-state index in [2.05, 4.69) is 20.9 Å². The van der Waals surface area contributed by atoms with Crippen molar-refractivity contribution in [1.82, 2.24) is 5.06 Å². The third-order valence-electron chi connectivity index (χ3n) is 3.78. The van der Waals surface area contributed by atoms with Crippen molar-refractivity contribution in [3.05, 3.63) is 70.2 Å². The lowest BCUT2D eigenvalue weighted by Crippen LogP contribution is -2.45. The molecule has 1 amide bonds. The minimum atomic E-state index is -0.945. The summed E-state index contributed by atoms with van der Waals surface area (Å²) in [5.41, 5.74) is 1.04. The van der Waals surface area contributed by atoms with E-state index in [1.807, 2.05) is 61.5 Å². The first-order chi connectivity index (χ1) is 11.4. The number of aliphatic imine (C=N–C) groups is 1. The zero-order valence-corrected chi connectivity index (χ0v) is 15.7. The van der Waals surface area contributed by atoms with Gasteiger partial charge in [-0.15, -0.1) is 0 Å². The summed E-state index contributed by atoms with van der Waals surface area (Å²) in [6, 6.07) is 17.6. The summed E-state index contributed by atoms with van der Waals surface area (Å²) in [4.78, 5) is 22.4. The van der Waals surface area contributed by atoms with Crippen LogP contribution in [0, 0.1) is 0 Å². The Kier molecular flexibility index (Phi) is 6.29. The van der Waals surface area contributed by atoms with Crippen LogP contribution in [0.15, 0.2) is 64.1 Å². The lowest BCUT2D eigenvalue weighted by molar-refractivity contribution is -0.174. The van der Waals surface area contributed by atoms with Gasteiger partial charge in [0.05, 0.1) is 7.11 Å². The molecule has 0 bridgehead atoms. The van der Waals surface area contributed by atoms with Crippen LogP contribution in [0.2, 0.25) is 0 Å². The topological polar surface area (TPSA) is 41.9 Å². The van der Waals surface area contributed by atoms with E-state index in [4.69, 9.17) is 4.84 Å². The summed E-state index contributed by atoms with van der Waals surface area (Å²) >= 11 is 3.41. The van der Waals surface area contributed by atoms with Gasteiger partial charge in [-0.05, 0) is 30.2 Å². The van der Waals surface area contributed by atoms with Gasteiger partial charge in [-0.2, -0.15) is 0 Å². The molecule has 1 atom stereocenters. The van der Waals surface area contributed by atoms with E-state index in [1.165, 1.54) is 12.2 Å². The van der Waals surface area contributed by atoms with Gasteiger partial charge in [0.2, 0.25) is 0 Å². The number of nitrogens with zero attached hydrogens (tertiary/aromatic N) is 2. The van der Waals surface area contributed by atoms with E-state index < -0.39 is 5.54 Å². The third-order valence-corrected chi connectivity index (χ3v) is 4.31. The molecule has 2 aromatic rings. The molecule has 2 aromatic carbocycles. The van der Waals surface area contributed by atoms with E-state index in [9.17, 15) is 4.79 Å². The molecule has 0 aliphatic carbocycles. The van der Waals surface area contributed by atoms with Crippen LogP contribution in [-0.2, 0) is 16.1 Å². The Morgan fingerprint density at radius 1 is 1.21 bits per heavy atom. The standard InChI is InChI=1S/C19H21BrN2O2/c1-19(18(23)22(2)24-3,13-15-7-5-4-6-8-15)21-14-16-9-11-17(20)12-10-16/h4-12,14H,13H2,1-3H3. The fourth-order valence-corrected chi connectivity index (χ4v) is 2.62. The van der Waals surface area contributed by atoms with E-state index in [1.54, 1.807) is 13.3 Å². The van der Waals surface area contributed by atoms with Crippen LogP contribution in [0.1, 0.15) is 18.1 Å². The summed E-state index contributed by atoms with van der Waals surface area (Å²) in [6.07, 6.45) is 2.23. The van der Waals surface area contributed by atoms with E-state index in [-0.39, 0.29) is 5.91 Å². The Morgan fingerprint density at radius 2 is 1.83 bits per heavy atom. The molecule has 0 N–H and O–H groups in total. The second kappa shape index (κ2) is 8.22. The number of rotatable bonds is 6. The average Bonchev–Trinajstić information content (AvgIpc) is 2.60. The molecule has 0 fully saturated rings. The highest BCUT2D eigenvalue weighted by molar-refractivity contribution is 9.10. The quantitative estimate of drug-likeness (QED) is 0.556. The van der Waals surface area contributed by atoms with Gasteiger partial charge >= 0.3 is 0 Å². The zero-order valence-electron chi connectivity index (χ0n) is 14.1. The summed E-state index contributed by atoms with van der Waals surface area (Å²) in [6.45, 7) is 1.83. The Labute approximate surface area is 151 Å². The molecule has 0 spiro atoms. The second-order valence-corrected chi connectivity index (χ2v) is 6.65. The second-order valence-electron chi connectivity index (χ2n) is 5.73. The number of carbonyl (C=O) groups is 1. The van der Waals surface area contributed by atoms with Crippen molar-refractivity contribution in [2.75, 3.05) is 14.2 Å². The predicted octanol–water partition coefficient (Wildman–Crippen LogP) is 3.89. The van der Waals surface area contributed by atoms with Gasteiger partial charge < -0.3 is 0 Å². The SMILES string of the molecule is CON(C)C(=O)C(C)(Cc1ccccc1)N=Cc1ccc(Br)cc1. The van der Waals surface area contributed by atoms with Gasteiger partial charge in [0.1, 0.15) is 5.54 Å². The summed E-state index contributed by atoms with van der Waals surface area (Å²) in [7, 11) is 3.07. The molecule has 5 heteroatoms. The Hall–Kier alpha value is -1.98. The predicted molar refractivity (Wildman–Crippen MR) is 100 cm³/mol. The van der Waals surface area contributed by atoms with Gasteiger partial charge in [0.15, 0.2) is 0 Å². The maximum Gasteiger partial charge on any atom is 0.273 e. The van der Waals surface area contributed by atoms with Crippen LogP contribution < -0.4 is 0 Å². The normalized spacial score (nSPS) is 13.7. The van der Waals surface area contributed by atoms with E-state index >= 15 is 0 Å². The van der Waals surface area contributed by atoms with Crippen molar-refractivity contribution in [2.45, 2.75) is 18.9 Å². The van der Waals surface area contributed by atoms with Crippen LogP contribution in [0.25, 0.3) is 0 Å². The minimum absolute atomic E-state index is 0.192. The van der Waals surface area contributed by atoms with E-state index in [0.29, 0.717) is 6.42 Å². The molecule has 2 rings (SSSR count). The van der Waals surface area contributed by atoms with Crippen molar-refractivity contribution >= 4 is 28.1 Å². The van der Waals surface area contributed by atoms with Crippen molar-refractivity contribution in [2.24, 2.45) is 4.99 Å². The molecule has 0 saturated carbocycles. The van der Waals surface area contributed by atoms with Gasteiger partial charge in [0, 0.05) is 24.2 Å². The highest BCUT2D eigenvalue weighted by Crippen LogP contribution is 2.21. The molecule has 0 aromatic heterocycles. The largest absolute Gasteiger partial charge is 0.276 e. The van der Waals surface area contributed by atoms with Crippen molar-refractivity contribution in [1.29, 1.82) is 0 Å². The van der Waals surface area contributed by atoms with Crippen LogP contribution >= 0.6 is 15.9 Å². The average molecular weight is 389 g/mol. The molecular weight excluding hydrogens is 368 g/mol. The Balaban J connectivity index is 2.31. The maximum absolute atomic E-state index is 12.8. The Bertz CT molecular complexity index is 701. The first-order valence-corrected chi connectivity index (χ1v) is 8.41. The smallest absolute Gasteiger partial charge is 0.273 e. The molecule has 0 aliphatic rings. The van der Waals surface area contributed by atoms with Crippen molar-refractivity contribution < 1.29 is 9.63 Å². The fourth-order valence-electron chi connectivity index (χ4n) is 2.36. The first kappa shape index (κ1) is 18.4. The van der Waals surface area contributed by atoms with Crippen LogP contribution in [0.4, 0.5) is 0 Å².